The summed E-state index contributed by atoms with van der Waals surface area (Å²) < 4.78 is 25.2. The highest BCUT2D eigenvalue weighted by Gasteiger charge is 2.16. The van der Waals surface area contributed by atoms with Gasteiger partial charge in [0.2, 0.25) is 10.0 Å². The maximum Gasteiger partial charge on any atom is 0.218 e. The van der Waals surface area contributed by atoms with E-state index in [2.05, 4.69) is 12.2 Å². The fraction of sp³-hybridized carbons (Fsp3) is 0.538. The highest BCUT2D eigenvalue weighted by molar-refractivity contribution is 7.88. The van der Waals surface area contributed by atoms with Crippen LogP contribution in [0.1, 0.15) is 25.0 Å². The number of sulfonamides is 1. The zero-order valence-corrected chi connectivity index (χ0v) is 12.1. The van der Waals surface area contributed by atoms with E-state index in [-0.39, 0.29) is 5.75 Å². The van der Waals surface area contributed by atoms with Crippen LogP contribution in [-0.2, 0) is 22.3 Å². The minimum Gasteiger partial charge on any atom is -0.313 e. The maximum atomic E-state index is 11.9. The Labute approximate surface area is 110 Å². The Bertz CT molecular complexity index is 454. The quantitative estimate of drug-likeness (QED) is 0.818. The van der Waals surface area contributed by atoms with Gasteiger partial charge in [-0.15, -0.1) is 0 Å². The van der Waals surface area contributed by atoms with E-state index in [1.807, 2.05) is 31.2 Å². The van der Waals surface area contributed by atoms with Gasteiger partial charge >= 0.3 is 0 Å². The van der Waals surface area contributed by atoms with E-state index in [4.69, 9.17) is 0 Å². The molecule has 5 heteroatoms. The van der Waals surface area contributed by atoms with Crippen LogP contribution in [0.2, 0.25) is 0 Å². The first kappa shape index (κ1) is 15.1. The summed E-state index contributed by atoms with van der Waals surface area (Å²) in [5.41, 5.74) is 2.00. The van der Waals surface area contributed by atoms with Crippen molar-refractivity contribution in [3.8, 4) is 0 Å². The van der Waals surface area contributed by atoms with Crippen LogP contribution < -0.4 is 5.32 Å². The largest absolute Gasteiger partial charge is 0.313 e. The molecule has 0 bridgehead atoms. The van der Waals surface area contributed by atoms with Gasteiger partial charge in [-0.25, -0.2) is 12.7 Å². The average Bonchev–Trinajstić information content (AvgIpc) is 2.36. The minimum absolute atomic E-state index is 0.0683. The third kappa shape index (κ3) is 4.40. The Morgan fingerprint density at radius 3 is 2.17 bits per heavy atom. The Hall–Kier alpha value is -0.910. The van der Waals surface area contributed by atoms with Crippen LogP contribution >= 0.6 is 0 Å². The number of nitrogens with zero attached hydrogens (tertiary/aromatic N) is 1. The SMILES string of the molecule is CCNCc1ccc(CS(=O)(=O)N(C)CC)cc1. The van der Waals surface area contributed by atoms with Crippen molar-refractivity contribution in [2.75, 3.05) is 20.1 Å². The lowest BCUT2D eigenvalue weighted by Gasteiger charge is -2.14. The first-order valence-corrected chi connectivity index (χ1v) is 7.83. The molecule has 102 valence electrons. The highest BCUT2D eigenvalue weighted by atomic mass is 32.2. The highest BCUT2D eigenvalue weighted by Crippen LogP contribution is 2.10. The van der Waals surface area contributed by atoms with Gasteiger partial charge in [0.1, 0.15) is 0 Å². The Kier molecular flexibility index (Phi) is 5.78. The maximum absolute atomic E-state index is 11.9. The van der Waals surface area contributed by atoms with Gasteiger partial charge < -0.3 is 5.32 Å². The van der Waals surface area contributed by atoms with Crippen LogP contribution in [0.15, 0.2) is 24.3 Å². The molecule has 0 atom stereocenters. The summed E-state index contributed by atoms with van der Waals surface area (Å²) in [7, 11) is -1.57. The second-order valence-electron chi connectivity index (χ2n) is 4.27. The van der Waals surface area contributed by atoms with Crippen molar-refractivity contribution in [2.45, 2.75) is 26.1 Å². The van der Waals surface area contributed by atoms with Gasteiger partial charge in [-0.2, -0.15) is 0 Å². The van der Waals surface area contributed by atoms with Crippen molar-refractivity contribution in [2.24, 2.45) is 0 Å². The van der Waals surface area contributed by atoms with Gasteiger partial charge in [0.25, 0.3) is 0 Å². The first-order chi connectivity index (χ1) is 8.49. The van der Waals surface area contributed by atoms with E-state index in [1.165, 1.54) is 9.87 Å². The molecule has 0 spiro atoms. The van der Waals surface area contributed by atoms with Crippen molar-refractivity contribution in [1.29, 1.82) is 0 Å². The van der Waals surface area contributed by atoms with Crippen LogP contribution in [0.4, 0.5) is 0 Å². The van der Waals surface area contributed by atoms with E-state index in [0.29, 0.717) is 6.54 Å². The van der Waals surface area contributed by atoms with Gasteiger partial charge in [0.05, 0.1) is 5.75 Å². The molecule has 0 amide bonds. The molecule has 0 radical (unpaired) electrons. The molecule has 1 aromatic carbocycles. The van der Waals surface area contributed by atoms with Crippen molar-refractivity contribution < 1.29 is 8.42 Å². The number of rotatable bonds is 7. The van der Waals surface area contributed by atoms with Crippen LogP contribution in [0.5, 0.6) is 0 Å². The lowest BCUT2D eigenvalue weighted by atomic mass is 10.1. The van der Waals surface area contributed by atoms with Crippen LogP contribution in [0.25, 0.3) is 0 Å². The predicted molar refractivity (Wildman–Crippen MR) is 74.8 cm³/mol. The molecule has 0 fully saturated rings. The zero-order valence-electron chi connectivity index (χ0n) is 11.3. The van der Waals surface area contributed by atoms with E-state index in [1.54, 1.807) is 7.05 Å². The number of nitrogens with one attached hydrogen (secondary N) is 1. The lowest BCUT2D eigenvalue weighted by molar-refractivity contribution is 0.485. The topological polar surface area (TPSA) is 49.4 Å². The third-order valence-corrected chi connectivity index (χ3v) is 4.78. The number of hydrogen-bond acceptors (Lipinski definition) is 3. The second-order valence-corrected chi connectivity index (χ2v) is 6.34. The Morgan fingerprint density at radius 1 is 1.11 bits per heavy atom. The summed E-state index contributed by atoms with van der Waals surface area (Å²) in [6, 6.07) is 7.71. The van der Waals surface area contributed by atoms with Crippen molar-refractivity contribution in [3.05, 3.63) is 35.4 Å². The summed E-state index contributed by atoms with van der Waals surface area (Å²) in [4.78, 5) is 0. The van der Waals surface area contributed by atoms with Crippen molar-refractivity contribution in [3.63, 3.8) is 0 Å². The molecule has 0 aromatic heterocycles. The molecular formula is C13H22N2O2S. The fourth-order valence-corrected chi connectivity index (χ4v) is 2.77. The monoisotopic (exact) mass is 270 g/mol. The fourth-order valence-electron chi connectivity index (χ4n) is 1.54. The molecule has 0 heterocycles. The average molecular weight is 270 g/mol. The van der Waals surface area contributed by atoms with Gasteiger partial charge in [-0.3, -0.25) is 0 Å². The van der Waals surface area contributed by atoms with Gasteiger partial charge in [-0.1, -0.05) is 38.1 Å². The molecule has 1 rings (SSSR count). The summed E-state index contributed by atoms with van der Waals surface area (Å²) >= 11 is 0. The Balaban J connectivity index is 2.69. The van der Waals surface area contributed by atoms with Crippen molar-refractivity contribution in [1.82, 2.24) is 9.62 Å². The molecule has 18 heavy (non-hydrogen) atoms. The van der Waals surface area contributed by atoms with Gasteiger partial charge in [-0.05, 0) is 17.7 Å². The van der Waals surface area contributed by atoms with Gasteiger partial charge in [0, 0.05) is 20.1 Å². The van der Waals surface area contributed by atoms with Gasteiger partial charge in [0.15, 0.2) is 0 Å². The van der Waals surface area contributed by atoms with E-state index >= 15 is 0 Å². The smallest absolute Gasteiger partial charge is 0.218 e. The van der Waals surface area contributed by atoms with Crippen LogP contribution in [-0.4, -0.2) is 32.9 Å². The molecule has 0 unspecified atom stereocenters. The minimum atomic E-state index is -3.18. The summed E-state index contributed by atoms with van der Waals surface area (Å²) in [5.74, 6) is 0.0683. The Morgan fingerprint density at radius 2 is 1.67 bits per heavy atom. The molecule has 0 saturated carbocycles. The van der Waals surface area contributed by atoms with E-state index in [0.717, 1.165) is 18.7 Å². The second kappa shape index (κ2) is 6.87. The number of benzene rings is 1. The van der Waals surface area contributed by atoms with Crippen LogP contribution in [0.3, 0.4) is 0 Å². The third-order valence-electron chi connectivity index (χ3n) is 2.87. The summed E-state index contributed by atoms with van der Waals surface area (Å²) in [6.45, 7) is 6.13. The molecule has 1 aromatic rings. The van der Waals surface area contributed by atoms with Crippen molar-refractivity contribution >= 4 is 10.0 Å². The molecule has 4 nitrogen and oxygen atoms in total. The molecule has 0 saturated heterocycles. The molecule has 0 aliphatic carbocycles. The molecule has 0 aliphatic rings. The summed E-state index contributed by atoms with van der Waals surface area (Å²) in [6.07, 6.45) is 0. The van der Waals surface area contributed by atoms with E-state index < -0.39 is 10.0 Å². The lowest BCUT2D eigenvalue weighted by Crippen LogP contribution is -2.27. The predicted octanol–water partition coefficient (Wildman–Crippen LogP) is 1.58. The molecule has 1 N–H and O–H groups in total. The number of hydrogen-bond donors (Lipinski definition) is 1. The standard InChI is InChI=1S/C13H22N2O2S/c1-4-14-10-12-6-8-13(9-7-12)11-18(16,17)15(3)5-2/h6-9,14H,4-5,10-11H2,1-3H3. The zero-order chi connectivity index (χ0) is 13.6. The normalized spacial score (nSPS) is 12.0. The first-order valence-electron chi connectivity index (χ1n) is 6.22. The molecule has 0 aliphatic heterocycles. The van der Waals surface area contributed by atoms with Crippen LogP contribution in [0, 0.1) is 0 Å². The summed E-state index contributed by atoms with van der Waals surface area (Å²) in [5, 5.41) is 3.23. The van der Waals surface area contributed by atoms with E-state index in [9.17, 15) is 8.42 Å². The molecular weight excluding hydrogens is 248 g/mol.